The molecule has 1 aromatic rings. The molecule has 1 saturated carbocycles. The molecule has 0 saturated heterocycles. The van der Waals surface area contributed by atoms with Crippen molar-refractivity contribution in [2.24, 2.45) is 5.92 Å². The standard InChI is InChI=1S/C14H17ClO2/c1-17-14(16)13-4-2-3-12(13)11-7-5-10(9-15)6-8-11/h5-8,12-13H,2-4,9H2,1H3. The molecule has 2 atom stereocenters. The number of ether oxygens (including phenoxy) is 1. The fourth-order valence-corrected chi connectivity index (χ4v) is 2.82. The van der Waals surface area contributed by atoms with Crippen molar-refractivity contribution in [3.05, 3.63) is 35.4 Å². The Hall–Kier alpha value is -1.02. The summed E-state index contributed by atoms with van der Waals surface area (Å²) in [4.78, 5) is 11.7. The number of hydrogen-bond acceptors (Lipinski definition) is 2. The fraction of sp³-hybridized carbons (Fsp3) is 0.500. The summed E-state index contributed by atoms with van der Waals surface area (Å²) in [7, 11) is 1.47. The summed E-state index contributed by atoms with van der Waals surface area (Å²) in [5.74, 6) is 0.799. The third kappa shape index (κ3) is 2.63. The van der Waals surface area contributed by atoms with E-state index in [0.29, 0.717) is 11.8 Å². The van der Waals surface area contributed by atoms with Gasteiger partial charge in [0, 0.05) is 5.88 Å². The Balaban J connectivity index is 2.17. The van der Waals surface area contributed by atoms with Crippen molar-refractivity contribution in [3.63, 3.8) is 0 Å². The summed E-state index contributed by atoms with van der Waals surface area (Å²) in [6.07, 6.45) is 3.11. The number of benzene rings is 1. The zero-order valence-corrected chi connectivity index (χ0v) is 10.7. The minimum atomic E-state index is -0.0751. The molecule has 1 fully saturated rings. The van der Waals surface area contributed by atoms with Gasteiger partial charge in [0.05, 0.1) is 13.0 Å². The lowest BCUT2D eigenvalue weighted by Gasteiger charge is -2.17. The van der Waals surface area contributed by atoms with Crippen molar-refractivity contribution < 1.29 is 9.53 Å². The highest BCUT2D eigenvalue weighted by Crippen LogP contribution is 2.40. The SMILES string of the molecule is COC(=O)C1CCCC1c1ccc(CCl)cc1. The van der Waals surface area contributed by atoms with Gasteiger partial charge in [-0.3, -0.25) is 4.79 Å². The van der Waals surface area contributed by atoms with Gasteiger partial charge in [-0.25, -0.2) is 0 Å². The maximum Gasteiger partial charge on any atom is 0.309 e. The van der Waals surface area contributed by atoms with E-state index in [0.717, 1.165) is 24.8 Å². The second-order valence-electron chi connectivity index (χ2n) is 4.54. The van der Waals surface area contributed by atoms with Gasteiger partial charge in [0.1, 0.15) is 0 Å². The molecule has 2 nitrogen and oxygen atoms in total. The zero-order valence-electron chi connectivity index (χ0n) is 9.99. The number of hydrogen-bond donors (Lipinski definition) is 0. The lowest BCUT2D eigenvalue weighted by atomic mass is 9.88. The molecule has 0 aliphatic heterocycles. The molecular weight excluding hydrogens is 236 g/mol. The number of rotatable bonds is 3. The summed E-state index contributed by atoms with van der Waals surface area (Å²) in [6.45, 7) is 0. The highest BCUT2D eigenvalue weighted by atomic mass is 35.5. The van der Waals surface area contributed by atoms with Gasteiger partial charge >= 0.3 is 5.97 Å². The second kappa shape index (κ2) is 5.54. The minimum absolute atomic E-state index is 0.0295. The maximum atomic E-state index is 11.7. The zero-order chi connectivity index (χ0) is 12.3. The largest absolute Gasteiger partial charge is 0.469 e. The third-order valence-corrected chi connectivity index (χ3v) is 3.89. The van der Waals surface area contributed by atoms with Crippen molar-refractivity contribution >= 4 is 17.6 Å². The Kier molecular flexibility index (Phi) is 4.06. The highest BCUT2D eigenvalue weighted by Gasteiger charge is 2.34. The lowest BCUT2D eigenvalue weighted by Crippen LogP contribution is -2.19. The summed E-state index contributed by atoms with van der Waals surface area (Å²) < 4.78 is 4.87. The molecule has 0 heterocycles. The van der Waals surface area contributed by atoms with E-state index in [1.54, 1.807) is 0 Å². The molecule has 0 N–H and O–H groups in total. The first-order valence-electron chi connectivity index (χ1n) is 5.99. The average Bonchev–Trinajstić information content (AvgIpc) is 2.87. The number of carbonyl (C=O) groups excluding carboxylic acids is 1. The van der Waals surface area contributed by atoms with Crippen LogP contribution in [0.4, 0.5) is 0 Å². The Morgan fingerprint density at radius 2 is 2.06 bits per heavy atom. The van der Waals surface area contributed by atoms with Crippen LogP contribution in [0.15, 0.2) is 24.3 Å². The fourth-order valence-electron chi connectivity index (χ4n) is 2.65. The van der Waals surface area contributed by atoms with Crippen LogP contribution in [-0.4, -0.2) is 13.1 Å². The van der Waals surface area contributed by atoms with Gasteiger partial charge in [0.2, 0.25) is 0 Å². The Morgan fingerprint density at radius 3 is 2.65 bits per heavy atom. The summed E-state index contributed by atoms with van der Waals surface area (Å²) in [5.41, 5.74) is 2.34. The second-order valence-corrected chi connectivity index (χ2v) is 4.81. The van der Waals surface area contributed by atoms with Crippen LogP contribution < -0.4 is 0 Å². The molecular formula is C14H17ClO2. The van der Waals surface area contributed by atoms with E-state index in [1.807, 2.05) is 12.1 Å². The van der Waals surface area contributed by atoms with Crippen LogP contribution in [-0.2, 0) is 15.4 Å². The summed E-state index contributed by atoms with van der Waals surface area (Å²) in [5, 5.41) is 0. The first-order chi connectivity index (χ1) is 8.26. The number of halogens is 1. The van der Waals surface area contributed by atoms with Crippen molar-refractivity contribution in [2.75, 3.05) is 7.11 Å². The lowest BCUT2D eigenvalue weighted by molar-refractivity contribution is -0.145. The van der Waals surface area contributed by atoms with Gasteiger partial charge in [-0.2, -0.15) is 0 Å². The average molecular weight is 253 g/mol. The quantitative estimate of drug-likeness (QED) is 0.608. The predicted octanol–water partition coefficient (Wildman–Crippen LogP) is 3.48. The first-order valence-corrected chi connectivity index (χ1v) is 6.52. The maximum absolute atomic E-state index is 11.7. The van der Waals surface area contributed by atoms with Crippen LogP contribution in [0.2, 0.25) is 0 Å². The molecule has 3 heteroatoms. The van der Waals surface area contributed by atoms with E-state index in [4.69, 9.17) is 16.3 Å². The first kappa shape index (κ1) is 12.4. The van der Waals surface area contributed by atoms with E-state index >= 15 is 0 Å². The monoisotopic (exact) mass is 252 g/mol. The smallest absolute Gasteiger partial charge is 0.309 e. The molecule has 17 heavy (non-hydrogen) atoms. The molecule has 2 unspecified atom stereocenters. The van der Waals surface area contributed by atoms with Gasteiger partial charge in [-0.1, -0.05) is 30.7 Å². The Bertz CT molecular complexity index is 386. The molecule has 2 rings (SSSR count). The molecule has 0 amide bonds. The highest BCUT2D eigenvalue weighted by molar-refractivity contribution is 6.17. The molecule has 92 valence electrons. The predicted molar refractivity (Wildman–Crippen MR) is 68.1 cm³/mol. The normalized spacial score (nSPS) is 23.6. The van der Waals surface area contributed by atoms with Crippen molar-refractivity contribution in [1.29, 1.82) is 0 Å². The summed E-state index contributed by atoms with van der Waals surface area (Å²) in [6, 6.07) is 8.25. The van der Waals surface area contributed by atoms with E-state index < -0.39 is 0 Å². The number of carbonyl (C=O) groups is 1. The number of alkyl halides is 1. The molecule has 0 bridgehead atoms. The number of methoxy groups -OCH3 is 1. The van der Waals surface area contributed by atoms with Gasteiger partial charge in [0.25, 0.3) is 0 Å². The van der Waals surface area contributed by atoms with Gasteiger partial charge in [-0.15, -0.1) is 11.6 Å². The van der Waals surface area contributed by atoms with Gasteiger partial charge in [-0.05, 0) is 29.9 Å². The van der Waals surface area contributed by atoms with Crippen molar-refractivity contribution in [1.82, 2.24) is 0 Å². The van der Waals surface area contributed by atoms with Crippen LogP contribution in [0.25, 0.3) is 0 Å². The van der Waals surface area contributed by atoms with Gasteiger partial charge < -0.3 is 4.74 Å². The molecule has 1 aromatic carbocycles. The van der Waals surface area contributed by atoms with Crippen molar-refractivity contribution in [3.8, 4) is 0 Å². The van der Waals surface area contributed by atoms with Crippen LogP contribution in [0.3, 0.4) is 0 Å². The van der Waals surface area contributed by atoms with Gasteiger partial charge in [0.15, 0.2) is 0 Å². The van der Waals surface area contributed by atoms with Crippen LogP contribution >= 0.6 is 11.6 Å². The van der Waals surface area contributed by atoms with E-state index in [1.165, 1.54) is 12.7 Å². The molecule has 0 radical (unpaired) electrons. The molecule has 1 aliphatic rings. The van der Waals surface area contributed by atoms with Crippen LogP contribution in [0, 0.1) is 5.92 Å². The van der Waals surface area contributed by atoms with Crippen molar-refractivity contribution in [2.45, 2.75) is 31.1 Å². The van der Waals surface area contributed by atoms with E-state index in [2.05, 4.69) is 12.1 Å². The Labute approximate surface area is 107 Å². The van der Waals surface area contributed by atoms with Crippen LogP contribution in [0.1, 0.15) is 36.3 Å². The topological polar surface area (TPSA) is 26.3 Å². The molecule has 0 aromatic heterocycles. The van der Waals surface area contributed by atoms with E-state index in [9.17, 15) is 4.79 Å². The third-order valence-electron chi connectivity index (χ3n) is 3.58. The van der Waals surface area contributed by atoms with Crippen LogP contribution in [0.5, 0.6) is 0 Å². The number of esters is 1. The van der Waals surface area contributed by atoms with E-state index in [-0.39, 0.29) is 11.9 Å². The molecule has 1 aliphatic carbocycles. The summed E-state index contributed by atoms with van der Waals surface area (Å²) >= 11 is 5.77. The molecule has 0 spiro atoms. The minimum Gasteiger partial charge on any atom is -0.469 e. The Morgan fingerprint density at radius 1 is 1.35 bits per heavy atom.